The van der Waals surface area contributed by atoms with Crippen molar-refractivity contribution in [1.29, 1.82) is 5.26 Å². The van der Waals surface area contributed by atoms with E-state index in [9.17, 15) is 4.79 Å². The molecule has 4 nitrogen and oxygen atoms in total. The molecule has 0 bridgehead atoms. The zero-order chi connectivity index (χ0) is 17.1. The SMILES string of the molecule is Cc1ccc(-c2ccc(C#N)c(=O)n2Cc2ccc(N)cc2)cc1. The molecule has 0 atom stereocenters. The Labute approximate surface area is 140 Å². The second-order valence-electron chi connectivity index (χ2n) is 5.74. The predicted octanol–water partition coefficient (Wildman–Crippen LogP) is 3.33. The number of hydrogen-bond acceptors (Lipinski definition) is 3. The third kappa shape index (κ3) is 3.06. The summed E-state index contributed by atoms with van der Waals surface area (Å²) in [6, 6.07) is 20.7. The van der Waals surface area contributed by atoms with Crippen molar-refractivity contribution in [3.05, 3.63) is 87.7 Å². The zero-order valence-electron chi connectivity index (χ0n) is 13.4. The van der Waals surface area contributed by atoms with Crippen molar-refractivity contribution in [2.45, 2.75) is 13.5 Å². The highest BCUT2D eigenvalue weighted by Crippen LogP contribution is 2.20. The maximum Gasteiger partial charge on any atom is 0.269 e. The summed E-state index contributed by atoms with van der Waals surface area (Å²) >= 11 is 0. The minimum atomic E-state index is -0.285. The van der Waals surface area contributed by atoms with Crippen LogP contribution in [0.3, 0.4) is 0 Å². The van der Waals surface area contributed by atoms with E-state index in [0.717, 1.165) is 22.4 Å². The lowest BCUT2D eigenvalue weighted by molar-refractivity contribution is 0.765. The standard InChI is InChI=1S/C20H17N3O/c1-14-2-6-16(7-3-14)19-11-8-17(12-21)20(24)23(19)13-15-4-9-18(22)10-5-15/h2-11H,13,22H2,1H3. The highest BCUT2D eigenvalue weighted by atomic mass is 16.1. The van der Waals surface area contributed by atoms with Gasteiger partial charge in [-0.3, -0.25) is 4.79 Å². The molecule has 0 radical (unpaired) electrons. The van der Waals surface area contributed by atoms with Gasteiger partial charge in [-0.05, 0) is 42.3 Å². The van der Waals surface area contributed by atoms with Crippen molar-refractivity contribution in [3.8, 4) is 17.3 Å². The lowest BCUT2D eigenvalue weighted by atomic mass is 10.1. The molecule has 0 saturated heterocycles. The summed E-state index contributed by atoms with van der Waals surface area (Å²) in [5, 5.41) is 9.16. The number of aryl methyl sites for hydroxylation is 1. The summed E-state index contributed by atoms with van der Waals surface area (Å²) in [6.07, 6.45) is 0. The Balaban J connectivity index is 2.14. The van der Waals surface area contributed by atoms with Crippen LogP contribution in [0.4, 0.5) is 5.69 Å². The molecule has 0 spiro atoms. The molecule has 3 rings (SSSR count). The minimum Gasteiger partial charge on any atom is -0.399 e. The fourth-order valence-corrected chi connectivity index (χ4v) is 2.60. The lowest BCUT2D eigenvalue weighted by Crippen LogP contribution is -2.24. The third-order valence-electron chi connectivity index (χ3n) is 3.96. The molecule has 0 aliphatic carbocycles. The van der Waals surface area contributed by atoms with Gasteiger partial charge in [0.15, 0.2) is 0 Å². The van der Waals surface area contributed by atoms with Gasteiger partial charge < -0.3 is 10.3 Å². The molecular weight excluding hydrogens is 298 g/mol. The molecule has 2 N–H and O–H groups in total. The maximum atomic E-state index is 12.6. The van der Waals surface area contributed by atoms with Crippen molar-refractivity contribution in [1.82, 2.24) is 4.57 Å². The largest absolute Gasteiger partial charge is 0.399 e. The van der Waals surface area contributed by atoms with E-state index in [4.69, 9.17) is 11.0 Å². The number of nitrogen functional groups attached to an aromatic ring is 1. The summed E-state index contributed by atoms with van der Waals surface area (Å²) < 4.78 is 1.63. The topological polar surface area (TPSA) is 71.8 Å². The molecule has 0 unspecified atom stereocenters. The van der Waals surface area contributed by atoms with Gasteiger partial charge in [0, 0.05) is 5.69 Å². The van der Waals surface area contributed by atoms with Gasteiger partial charge in [-0.2, -0.15) is 5.26 Å². The molecule has 1 heterocycles. The van der Waals surface area contributed by atoms with Gasteiger partial charge in [-0.25, -0.2) is 0 Å². The van der Waals surface area contributed by atoms with Crippen LogP contribution < -0.4 is 11.3 Å². The van der Waals surface area contributed by atoms with E-state index in [1.54, 1.807) is 22.8 Å². The van der Waals surface area contributed by atoms with Gasteiger partial charge in [0.1, 0.15) is 11.6 Å². The van der Waals surface area contributed by atoms with Crippen LogP contribution in [-0.2, 0) is 6.54 Å². The van der Waals surface area contributed by atoms with E-state index in [2.05, 4.69) is 0 Å². The average molecular weight is 315 g/mol. The zero-order valence-corrected chi connectivity index (χ0v) is 13.4. The first-order valence-electron chi connectivity index (χ1n) is 7.64. The number of anilines is 1. The van der Waals surface area contributed by atoms with Crippen LogP contribution in [0, 0.1) is 18.3 Å². The van der Waals surface area contributed by atoms with Crippen LogP contribution in [0.5, 0.6) is 0 Å². The first-order valence-corrected chi connectivity index (χ1v) is 7.64. The molecule has 24 heavy (non-hydrogen) atoms. The first kappa shape index (κ1) is 15.6. The Kier molecular flexibility index (Phi) is 4.17. The van der Waals surface area contributed by atoms with Gasteiger partial charge >= 0.3 is 0 Å². The molecule has 0 aliphatic rings. The summed E-state index contributed by atoms with van der Waals surface area (Å²) in [7, 11) is 0. The highest BCUT2D eigenvalue weighted by molar-refractivity contribution is 5.61. The Morgan fingerprint density at radius 1 is 1.00 bits per heavy atom. The normalized spacial score (nSPS) is 10.3. The monoisotopic (exact) mass is 315 g/mol. The lowest BCUT2D eigenvalue weighted by Gasteiger charge is -2.14. The summed E-state index contributed by atoms with van der Waals surface area (Å²) in [4.78, 5) is 12.6. The van der Waals surface area contributed by atoms with E-state index in [1.807, 2.05) is 55.5 Å². The molecule has 2 aromatic carbocycles. The molecule has 118 valence electrons. The summed E-state index contributed by atoms with van der Waals surface area (Å²) in [6.45, 7) is 2.40. The van der Waals surface area contributed by atoms with Gasteiger partial charge in [0.2, 0.25) is 0 Å². The summed E-state index contributed by atoms with van der Waals surface area (Å²) in [5.74, 6) is 0. The molecule has 0 fully saturated rings. The van der Waals surface area contributed by atoms with Crippen LogP contribution in [-0.4, -0.2) is 4.57 Å². The number of nitrogens with two attached hydrogens (primary N) is 1. The molecule has 0 saturated carbocycles. The van der Waals surface area contributed by atoms with Gasteiger partial charge in [-0.15, -0.1) is 0 Å². The Bertz CT molecular complexity index is 962. The molecule has 3 aromatic rings. The number of pyridine rings is 1. The quantitative estimate of drug-likeness (QED) is 0.754. The van der Waals surface area contributed by atoms with Gasteiger partial charge in [0.25, 0.3) is 5.56 Å². The number of benzene rings is 2. The molecule has 1 aromatic heterocycles. The van der Waals surface area contributed by atoms with Crippen LogP contribution in [0.15, 0.2) is 65.5 Å². The number of aromatic nitrogens is 1. The van der Waals surface area contributed by atoms with Crippen LogP contribution in [0.1, 0.15) is 16.7 Å². The number of rotatable bonds is 3. The average Bonchev–Trinajstić information content (AvgIpc) is 2.59. The van der Waals surface area contributed by atoms with E-state index in [1.165, 1.54) is 0 Å². The number of nitrogens with zero attached hydrogens (tertiary/aromatic N) is 2. The van der Waals surface area contributed by atoms with Crippen LogP contribution in [0.25, 0.3) is 11.3 Å². The first-order chi connectivity index (χ1) is 11.6. The molecule has 0 aliphatic heterocycles. The van der Waals surface area contributed by atoms with Crippen molar-refractivity contribution >= 4 is 5.69 Å². The molecule has 0 amide bonds. The minimum absolute atomic E-state index is 0.140. The van der Waals surface area contributed by atoms with Crippen molar-refractivity contribution in [2.75, 3.05) is 5.73 Å². The fraction of sp³-hybridized carbons (Fsp3) is 0.100. The van der Waals surface area contributed by atoms with E-state index in [0.29, 0.717) is 12.2 Å². The third-order valence-corrected chi connectivity index (χ3v) is 3.96. The molecular formula is C20H17N3O. The Morgan fingerprint density at radius 2 is 1.67 bits per heavy atom. The Morgan fingerprint density at radius 3 is 2.29 bits per heavy atom. The second kappa shape index (κ2) is 6.43. The summed E-state index contributed by atoms with van der Waals surface area (Å²) in [5.41, 5.74) is 10.1. The van der Waals surface area contributed by atoms with E-state index >= 15 is 0 Å². The molecule has 4 heteroatoms. The maximum absolute atomic E-state index is 12.6. The Hall–Kier alpha value is -3.32. The van der Waals surface area contributed by atoms with E-state index in [-0.39, 0.29) is 11.1 Å². The van der Waals surface area contributed by atoms with Crippen molar-refractivity contribution in [3.63, 3.8) is 0 Å². The van der Waals surface area contributed by atoms with Crippen LogP contribution >= 0.6 is 0 Å². The predicted molar refractivity (Wildman–Crippen MR) is 95.5 cm³/mol. The number of hydrogen-bond donors (Lipinski definition) is 1. The van der Waals surface area contributed by atoms with Crippen molar-refractivity contribution in [2.24, 2.45) is 0 Å². The van der Waals surface area contributed by atoms with E-state index < -0.39 is 0 Å². The number of nitriles is 1. The van der Waals surface area contributed by atoms with Crippen molar-refractivity contribution < 1.29 is 0 Å². The van der Waals surface area contributed by atoms with Gasteiger partial charge in [0.05, 0.1) is 12.2 Å². The fourth-order valence-electron chi connectivity index (χ4n) is 2.60. The van der Waals surface area contributed by atoms with Crippen LogP contribution in [0.2, 0.25) is 0 Å². The van der Waals surface area contributed by atoms with Gasteiger partial charge in [-0.1, -0.05) is 42.0 Å². The highest BCUT2D eigenvalue weighted by Gasteiger charge is 2.11. The second-order valence-corrected chi connectivity index (χ2v) is 5.74. The smallest absolute Gasteiger partial charge is 0.269 e.